The van der Waals surface area contributed by atoms with Gasteiger partial charge in [0.15, 0.2) is 9.84 Å². The Bertz CT molecular complexity index is 885. The first-order chi connectivity index (χ1) is 12.8. The van der Waals surface area contributed by atoms with Gasteiger partial charge in [-0.25, -0.2) is 13.2 Å². The van der Waals surface area contributed by atoms with Crippen molar-refractivity contribution < 1.29 is 22.7 Å². The van der Waals surface area contributed by atoms with Gasteiger partial charge in [0.2, 0.25) is 0 Å². The zero-order valence-electron chi connectivity index (χ0n) is 15.1. The molecule has 2 rings (SSSR count). The van der Waals surface area contributed by atoms with Crippen LogP contribution in [0.25, 0.3) is 0 Å². The van der Waals surface area contributed by atoms with Gasteiger partial charge in [0.25, 0.3) is 5.91 Å². The highest BCUT2D eigenvalue weighted by atomic mass is 32.2. The Balaban J connectivity index is 2.04. The third-order valence-corrected chi connectivity index (χ3v) is 5.89. The number of carbonyl (C=O) groups excluding carboxylic acids is 2. The lowest BCUT2D eigenvalue weighted by Crippen LogP contribution is -2.29. The van der Waals surface area contributed by atoms with E-state index in [4.69, 9.17) is 4.74 Å². The van der Waals surface area contributed by atoms with Gasteiger partial charge in [0.05, 0.1) is 23.7 Å². The van der Waals surface area contributed by atoms with Crippen LogP contribution in [0.5, 0.6) is 0 Å². The van der Waals surface area contributed by atoms with E-state index in [0.717, 1.165) is 0 Å². The fourth-order valence-electron chi connectivity index (χ4n) is 2.65. The Morgan fingerprint density at radius 2 is 2.04 bits per heavy atom. The van der Waals surface area contributed by atoms with Gasteiger partial charge >= 0.3 is 5.97 Å². The molecule has 1 aliphatic heterocycles. The minimum absolute atomic E-state index is 0.00957. The Morgan fingerprint density at radius 1 is 1.37 bits per heavy atom. The fraction of sp³-hybridized carbons (Fsp3) is 0.389. The summed E-state index contributed by atoms with van der Waals surface area (Å²) in [5.41, 5.74) is 0.629. The van der Waals surface area contributed by atoms with Gasteiger partial charge in [-0.3, -0.25) is 4.79 Å². The van der Waals surface area contributed by atoms with Crippen molar-refractivity contribution in [2.75, 3.05) is 30.5 Å². The summed E-state index contributed by atoms with van der Waals surface area (Å²) in [6.45, 7) is 1.98. The SMILES string of the molecule is CCOC(=O)c1ccc(NC(=O)/C(C#N)=C\N(C)C2CCS(=O)(=O)C2)cc1. The van der Waals surface area contributed by atoms with Crippen molar-refractivity contribution in [2.24, 2.45) is 0 Å². The van der Waals surface area contributed by atoms with Crippen molar-refractivity contribution in [3.8, 4) is 6.07 Å². The maximum absolute atomic E-state index is 12.3. The van der Waals surface area contributed by atoms with Gasteiger partial charge in [-0.2, -0.15) is 5.26 Å². The Hall–Kier alpha value is -2.86. The van der Waals surface area contributed by atoms with E-state index in [1.54, 1.807) is 18.9 Å². The van der Waals surface area contributed by atoms with Crippen LogP contribution >= 0.6 is 0 Å². The van der Waals surface area contributed by atoms with Gasteiger partial charge in [0.1, 0.15) is 11.6 Å². The van der Waals surface area contributed by atoms with E-state index in [9.17, 15) is 23.3 Å². The molecule has 9 heteroatoms. The third-order valence-electron chi connectivity index (χ3n) is 4.14. The van der Waals surface area contributed by atoms with Crippen LogP contribution in [-0.4, -0.2) is 56.4 Å². The molecule has 0 spiro atoms. The Labute approximate surface area is 158 Å². The molecular weight excluding hydrogens is 370 g/mol. The zero-order valence-corrected chi connectivity index (χ0v) is 16.0. The molecule has 0 radical (unpaired) electrons. The Kier molecular flexibility index (Phi) is 6.58. The van der Waals surface area contributed by atoms with Crippen LogP contribution in [0, 0.1) is 11.3 Å². The van der Waals surface area contributed by atoms with Crippen LogP contribution in [-0.2, 0) is 19.4 Å². The van der Waals surface area contributed by atoms with Gasteiger partial charge in [-0.1, -0.05) is 0 Å². The van der Waals surface area contributed by atoms with Gasteiger partial charge in [-0.15, -0.1) is 0 Å². The van der Waals surface area contributed by atoms with Crippen molar-refractivity contribution in [2.45, 2.75) is 19.4 Å². The predicted molar refractivity (Wildman–Crippen MR) is 99.5 cm³/mol. The number of esters is 1. The number of carbonyl (C=O) groups is 2. The van der Waals surface area contributed by atoms with Crippen molar-refractivity contribution in [1.82, 2.24) is 4.90 Å². The molecule has 1 saturated heterocycles. The molecule has 0 aromatic heterocycles. The molecular formula is C18H21N3O5S. The summed E-state index contributed by atoms with van der Waals surface area (Å²) in [5.74, 6) is -0.956. The van der Waals surface area contributed by atoms with E-state index in [0.29, 0.717) is 17.7 Å². The first kappa shape index (κ1) is 20.5. The molecule has 1 amide bonds. The highest BCUT2D eigenvalue weighted by Gasteiger charge is 2.30. The molecule has 1 aliphatic rings. The highest BCUT2D eigenvalue weighted by Crippen LogP contribution is 2.18. The van der Waals surface area contributed by atoms with Gasteiger partial charge < -0.3 is 15.0 Å². The first-order valence-corrected chi connectivity index (χ1v) is 10.2. The number of ether oxygens (including phenoxy) is 1. The number of anilines is 1. The highest BCUT2D eigenvalue weighted by molar-refractivity contribution is 7.91. The molecule has 1 N–H and O–H groups in total. The largest absolute Gasteiger partial charge is 0.462 e. The van der Waals surface area contributed by atoms with Gasteiger partial charge in [-0.05, 0) is 37.6 Å². The summed E-state index contributed by atoms with van der Waals surface area (Å²) in [6.07, 6.45) is 1.82. The van der Waals surface area contributed by atoms with E-state index >= 15 is 0 Å². The standard InChI is InChI=1S/C18H21N3O5S/c1-3-26-18(23)13-4-6-15(7-5-13)20-17(22)14(10-19)11-21(2)16-8-9-27(24,25)12-16/h4-7,11,16H,3,8-9,12H2,1-2H3,(H,20,22)/b14-11-. The van der Waals surface area contributed by atoms with Crippen LogP contribution in [0.4, 0.5) is 5.69 Å². The van der Waals surface area contributed by atoms with Crippen molar-refractivity contribution >= 4 is 27.4 Å². The second-order valence-electron chi connectivity index (χ2n) is 6.13. The molecule has 1 fully saturated rings. The second kappa shape index (κ2) is 8.68. The van der Waals surface area contributed by atoms with Crippen molar-refractivity contribution in [3.63, 3.8) is 0 Å². The number of nitrogens with one attached hydrogen (secondary N) is 1. The summed E-state index contributed by atoms with van der Waals surface area (Å²) in [6, 6.07) is 7.67. The lowest BCUT2D eigenvalue weighted by Gasteiger charge is -2.21. The molecule has 0 saturated carbocycles. The molecule has 0 bridgehead atoms. The Morgan fingerprint density at radius 3 is 2.56 bits per heavy atom. The number of benzene rings is 1. The minimum atomic E-state index is -3.06. The number of nitriles is 1. The molecule has 1 heterocycles. The smallest absolute Gasteiger partial charge is 0.338 e. The summed E-state index contributed by atoms with van der Waals surface area (Å²) in [4.78, 5) is 25.5. The number of amides is 1. The van der Waals surface area contributed by atoms with Crippen LogP contribution in [0.1, 0.15) is 23.7 Å². The second-order valence-corrected chi connectivity index (χ2v) is 8.36. The summed E-state index contributed by atoms with van der Waals surface area (Å²) >= 11 is 0. The number of sulfone groups is 1. The van der Waals surface area contributed by atoms with Crippen LogP contribution in [0.15, 0.2) is 36.0 Å². The van der Waals surface area contributed by atoms with Crippen molar-refractivity contribution in [3.05, 3.63) is 41.6 Å². The molecule has 0 aliphatic carbocycles. The van der Waals surface area contributed by atoms with E-state index in [1.807, 2.05) is 6.07 Å². The van der Waals surface area contributed by atoms with E-state index in [-0.39, 0.29) is 29.7 Å². The van der Waals surface area contributed by atoms with Crippen molar-refractivity contribution in [1.29, 1.82) is 5.26 Å². The average molecular weight is 391 g/mol. The van der Waals surface area contributed by atoms with E-state index in [1.165, 1.54) is 30.5 Å². The summed E-state index contributed by atoms with van der Waals surface area (Å²) < 4.78 is 28.0. The topological polar surface area (TPSA) is 117 Å². The lowest BCUT2D eigenvalue weighted by molar-refractivity contribution is -0.112. The maximum atomic E-state index is 12.3. The van der Waals surface area contributed by atoms with Crippen LogP contribution < -0.4 is 5.32 Å². The number of hydrogen-bond acceptors (Lipinski definition) is 7. The zero-order chi connectivity index (χ0) is 20.0. The van der Waals surface area contributed by atoms with Crippen LogP contribution in [0.3, 0.4) is 0 Å². The first-order valence-electron chi connectivity index (χ1n) is 8.38. The predicted octanol–water partition coefficient (Wildman–Crippen LogP) is 1.33. The molecule has 144 valence electrons. The molecule has 1 aromatic rings. The van der Waals surface area contributed by atoms with E-state index in [2.05, 4.69) is 5.32 Å². The summed E-state index contributed by atoms with van der Waals surface area (Å²) in [5, 5.41) is 11.8. The molecule has 1 atom stereocenters. The minimum Gasteiger partial charge on any atom is -0.462 e. The normalized spacial score (nSPS) is 18.4. The van der Waals surface area contributed by atoms with Crippen LogP contribution in [0.2, 0.25) is 0 Å². The monoisotopic (exact) mass is 391 g/mol. The maximum Gasteiger partial charge on any atom is 0.338 e. The van der Waals surface area contributed by atoms with E-state index < -0.39 is 21.7 Å². The number of hydrogen-bond donors (Lipinski definition) is 1. The number of nitrogens with zero attached hydrogens (tertiary/aromatic N) is 2. The molecule has 1 aromatic carbocycles. The van der Waals surface area contributed by atoms with Gasteiger partial charge in [0, 0.05) is 25.0 Å². The fourth-order valence-corrected chi connectivity index (χ4v) is 4.43. The molecule has 27 heavy (non-hydrogen) atoms. The quantitative estimate of drug-likeness (QED) is 0.442. The summed E-state index contributed by atoms with van der Waals surface area (Å²) in [7, 11) is -1.42. The molecule has 1 unspecified atom stereocenters. The third kappa shape index (κ3) is 5.56. The molecule has 8 nitrogen and oxygen atoms in total. The number of rotatable bonds is 6. The lowest BCUT2D eigenvalue weighted by atomic mass is 10.2. The average Bonchev–Trinajstić information content (AvgIpc) is 3.00.